The lowest BCUT2D eigenvalue weighted by molar-refractivity contribution is -0.132. The Kier molecular flexibility index (Phi) is 10.7. The van der Waals surface area contributed by atoms with Gasteiger partial charge in [0.25, 0.3) is 0 Å². The van der Waals surface area contributed by atoms with E-state index in [0.717, 1.165) is 10.4 Å². The molecule has 0 aliphatic heterocycles. The average molecular weight is 544 g/mol. The molecule has 0 saturated carbocycles. The number of hydrogen-bond donors (Lipinski definition) is 1. The van der Waals surface area contributed by atoms with Crippen LogP contribution >= 0.6 is 22.9 Å². The van der Waals surface area contributed by atoms with Crippen LogP contribution in [0.15, 0.2) is 60.0 Å². The summed E-state index contributed by atoms with van der Waals surface area (Å²) in [6.07, 6.45) is 0.635. The zero-order valence-electron chi connectivity index (χ0n) is 21.7. The molecule has 3 rings (SSSR count). The van der Waals surface area contributed by atoms with E-state index in [2.05, 4.69) is 5.32 Å². The Labute approximate surface area is 227 Å². The first-order valence-corrected chi connectivity index (χ1v) is 13.4. The molecule has 0 spiro atoms. The van der Waals surface area contributed by atoms with Gasteiger partial charge in [0, 0.05) is 28.7 Å². The first-order valence-electron chi connectivity index (χ1n) is 12.1. The standard InChI is InChI=1S/C28H34ClN3O4S/c1-20(2)17-32(28(34)30-23-8-5-7-22(29)16-23)19-27(33)31(18-24-9-6-14-37-24)13-12-21-10-11-25(35-3)26(15-21)36-4/h5-11,14-16,20H,12-13,17-19H2,1-4H3,(H,30,34). The van der Waals surface area contributed by atoms with E-state index in [-0.39, 0.29) is 24.4 Å². The highest BCUT2D eigenvalue weighted by Crippen LogP contribution is 2.28. The molecule has 0 bridgehead atoms. The summed E-state index contributed by atoms with van der Waals surface area (Å²) in [6, 6.07) is 16.4. The lowest BCUT2D eigenvalue weighted by Gasteiger charge is -2.29. The number of nitrogens with one attached hydrogen (secondary N) is 1. The molecule has 0 saturated heterocycles. The molecule has 3 amide bonds. The summed E-state index contributed by atoms with van der Waals surface area (Å²) < 4.78 is 10.8. The van der Waals surface area contributed by atoms with E-state index in [1.165, 1.54) is 0 Å². The van der Waals surface area contributed by atoms with E-state index in [9.17, 15) is 9.59 Å². The quantitative estimate of drug-likeness (QED) is 0.296. The van der Waals surface area contributed by atoms with Crippen LogP contribution in [0.2, 0.25) is 5.02 Å². The fraction of sp³-hybridized carbons (Fsp3) is 0.357. The van der Waals surface area contributed by atoms with Crippen molar-refractivity contribution in [2.75, 3.05) is 39.2 Å². The van der Waals surface area contributed by atoms with Gasteiger partial charge in [0.15, 0.2) is 11.5 Å². The number of carbonyl (C=O) groups excluding carboxylic acids is 2. The van der Waals surface area contributed by atoms with Gasteiger partial charge >= 0.3 is 6.03 Å². The highest BCUT2D eigenvalue weighted by atomic mass is 35.5. The van der Waals surface area contributed by atoms with E-state index in [1.807, 2.05) is 54.5 Å². The summed E-state index contributed by atoms with van der Waals surface area (Å²) in [5, 5.41) is 5.39. The van der Waals surface area contributed by atoms with E-state index in [0.29, 0.717) is 48.3 Å². The maximum absolute atomic E-state index is 13.6. The van der Waals surface area contributed by atoms with Crippen molar-refractivity contribution >= 4 is 40.6 Å². The lowest BCUT2D eigenvalue weighted by Crippen LogP contribution is -2.46. The summed E-state index contributed by atoms with van der Waals surface area (Å²) in [7, 11) is 3.20. The van der Waals surface area contributed by atoms with Crippen LogP contribution in [0, 0.1) is 5.92 Å². The molecule has 3 aromatic rings. The fourth-order valence-corrected chi connectivity index (χ4v) is 4.78. The van der Waals surface area contributed by atoms with Gasteiger partial charge in [-0.3, -0.25) is 4.79 Å². The van der Waals surface area contributed by atoms with Crippen LogP contribution in [0.25, 0.3) is 0 Å². The van der Waals surface area contributed by atoms with Gasteiger partial charge in [-0.05, 0) is 59.7 Å². The first kappa shape index (κ1) is 28.3. The molecule has 7 nitrogen and oxygen atoms in total. The molecule has 0 unspecified atom stereocenters. The normalized spacial score (nSPS) is 10.8. The number of amides is 3. The van der Waals surface area contributed by atoms with E-state index < -0.39 is 0 Å². The highest BCUT2D eigenvalue weighted by Gasteiger charge is 2.23. The van der Waals surface area contributed by atoms with Gasteiger partial charge < -0.3 is 24.6 Å². The van der Waals surface area contributed by atoms with Crippen molar-refractivity contribution in [2.24, 2.45) is 5.92 Å². The van der Waals surface area contributed by atoms with Crippen molar-refractivity contribution in [2.45, 2.75) is 26.8 Å². The Morgan fingerprint density at radius 1 is 1.00 bits per heavy atom. The molecular weight excluding hydrogens is 510 g/mol. The van der Waals surface area contributed by atoms with Gasteiger partial charge in [-0.1, -0.05) is 43.6 Å². The minimum Gasteiger partial charge on any atom is -0.493 e. The van der Waals surface area contributed by atoms with Gasteiger partial charge in [-0.15, -0.1) is 11.3 Å². The molecule has 0 aliphatic rings. The SMILES string of the molecule is COc1ccc(CCN(Cc2cccs2)C(=O)CN(CC(C)C)C(=O)Nc2cccc(Cl)c2)cc1OC. The Bertz CT molecular complexity index is 1170. The van der Waals surface area contributed by atoms with Crippen molar-refractivity contribution < 1.29 is 19.1 Å². The summed E-state index contributed by atoms with van der Waals surface area (Å²) in [5.41, 5.74) is 1.61. The van der Waals surface area contributed by atoms with E-state index >= 15 is 0 Å². The highest BCUT2D eigenvalue weighted by molar-refractivity contribution is 7.09. The largest absolute Gasteiger partial charge is 0.493 e. The fourth-order valence-electron chi connectivity index (χ4n) is 3.87. The molecule has 0 fully saturated rings. The van der Waals surface area contributed by atoms with Crippen LogP contribution in [0.1, 0.15) is 24.3 Å². The molecule has 0 atom stereocenters. The van der Waals surface area contributed by atoms with Crippen LogP contribution in [-0.2, 0) is 17.8 Å². The Morgan fingerprint density at radius 2 is 1.78 bits per heavy atom. The van der Waals surface area contributed by atoms with Gasteiger partial charge in [0.05, 0.1) is 20.8 Å². The summed E-state index contributed by atoms with van der Waals surface area (Å²) in [4.78, 5) is 31.1. The molecule has 1 N–H and O–H groups in total. The third-order valence-corrected chi connectivity index (χ3v) is 6.77. The predicted octanol–water partition coefficient (Wildman–Crippen LogP) is 6.18. The smallest absolute Gasteiger partial charge is 0.322 e. The van der Waals surface area contributed by atoms with Gasteiger partial charge in [-0.25, -0.2) is 4.79 Å². The minimum atomic E-state index is -0.333. The van der Waals surface area contributed by atoms with Crippen LogP contribution in [-0.4, -0.2) is 55.6 Å². The number of methoxy groups -OCH3 is 2. The number of benzene rings is 2. The van der Waals surface area contributed by atoms with Gasteiger partial charge in [0.2, 0.25) is 5.91 Å². The topological polar surface area (TPSA) is 71.1 Å². The van der Waals surface area contributed by atoms with Crippen molar-refractivity contribution in [1.29, 1.82) is 0 Å². The number of anilines is 1. The first-order chi connectivity index (χ1) is 17.8. The molecule has 2 aromatic carbocycles. The van der Waals surface area contributed by atoms with Crippen LogP contribution in [0.4, 0.5) is 10.5 Å². The predicted molar refractivity (Wildman–Crippen MR) is 150 cm³/mol. The number of thiophene rings is 1. The summed E-state index contributed by atoms with van der Waals surface area (Å²) in [5.74, 6) is 1.39. The molecule has 0 radical (unpaired) electrons. The molecule has 1 aromatic heterocycles. The third kappa shape index (κ3) is 8.68. The van der Waals surface area contributed by atoms with Crippen LogP contribution in [0.3, 0.4) is 0 Å². The summed E-state index contributed by atoms with van der Waals surface area (Å²) >= 11 is 7.67. The average Bonchev–Trinajstić information content (AvgIpc) is 3.38. The maximum atomic E-state index is 13.6. The number of halogens is 1. The van der Waals surface area contributed by atoms with Crippen LogP contribution < -0.4 is 14.8 Å². The number of ether oxygens (including phenoxy) is 2. The number of nitrogens with zero attached hydrogens (tertiary/aromatic N) is 2. The van der Waals surface area contributed by atoms with E-state index in [4.69, 9.17) is 21.1 Å². The summed E-state index contributed by atoms with van der Waals surface area (Å²) in [6.45, 7) is 5.44. The molecule has 1 heterocycles. The zero-order valence-corrected chi connectivity index (χ0v) is 23.3. The molecule has 37 heavy (non-hydrogen) atoms. The zero-order chi connectivity index (χ0) is 26.8. The molecule has 9 heteroatoms. The third-order valence-electron chi connectivity index (χ3n) is 5.67. The second-order valence-electron chi connectivity index (χ2n) is 9.05. The Balaban J connectivity index is 1.74. The van der Waals surface area contributed by atoms with Gasteiger partial charge in [-0.2, -0.15) is 0 Å². The number of hydrogen-bond acceptors (Lipinski definition) is 5. The van der Waals surface area contributed by atoms with Crippen LogP contribution in [0.5, 0.6) is 11.5 Å². The molecule has 0 aliphatic carbocycles. The number of carbonyl (C=O) groups is 2. The molecule has 198 valence electrons. The van der Waals surface area contributed by atoms with Crippen molar-refractivity contribution in [1.82, 2.24) is 9.80 Å². The van der Waals surface area contributed by atoms with Gasteiger partial charge in [0.1, 0.15) is 6.54 Å². The Hall–Kier alpha value is -3.23. The van der Waals surface area contributed by atoms with Crippen molar-refractivity contribution in [3.05, 3.63) is 75.4 Å². The monoisotopic (exact) mass is 543 g/mol. The van der Waals surface area contributed by atoms with E-state index in [1.54, 1.807) is 54.7 Å². The van der Waals surface area contributed by atoms with Crippen molar-refractivity contribution in [3.8, 4) is 11.5 Å². The Morgan fingerprint density at radius 3 is 2.43 bits per heavy atom. The minimum absolute atomic E-state index is 0.0259. The maximum Gasteiger partial charge on any atom is 0.322 e. The number of rotatable bonds is 12. The number of urea groups is 1. The van der Waals surface area contributed by atoms with Crippen molar-refractivity contribution in [3.63, 3.8) is 0 Å². The second kappa shape index (κ2) is 13.9. The lowest BCUT2D eigenvalue weighted by atomic mass is 10.1. The molecular formula is C28H34ClN3O4S. The second-order valence-corrected chi connectivity index (χ2v) is 10.5.